The van der Waals surface area contributed by atoms with E-state index in [1.165, 1.54) is 35.3 Å². The predicted molar refractivity (Wildman–Crippen MR) is 111 cm³/mol. The summed E-state index contributed by atoms with van der Waals surface area (Å²) in [5.74, 6) is 1.61. The minimum atomic E-state index is 0.428. The second-order valence-corrected chi connectivity index (χ2v) is 7.40. The number of imidazole rings is 1. The molecule has 1 atom stereocenters. The number of aromatic nitrogens is 4. The zero-order valence-corrected chi connectivity index (χ0v) is 15.8. The summed E-state index contributed by atoms with van der Waals surface area (Å²) in [5, 5.41) is 1.23. The summed E-state index contributed by atoms with van der Waals surface area (Å²) in [5.41, 5.74) is 3.59. The van der Waals surface area contributed by atoms with Crippen LogP contribution in [0.3, 0.4) is 0 Å². The molecule has 28 heavy (non-hydrogen) atoms. The average Bonchev–Trinajstić information content (AvgIpc) is 3.22. The molecule has 3 aromatic heterocycles. The van der Waals surface area contributed by atoms with E-state index in [0.717, 1.165) is 25.2 Å². The molecule has 1 aliphatic rings. The number of anilines is 1. The first kappa shape index (κ1) is 16.9. The molecule has 140 valence electrons. The third-order valence-electron chi connectivity index (χ3n) is 5.60. The van der Waals surface area contributed by atoms with Gasteiger partial charge in [-0.15, -0.1) is 0 Å². The molecule has 0 radical (unpaired) electrons. The molecular weight excluding hydrogens is 346 g/mol. The monoisotopic (exact) mass is 369 g/mol. The molecule has 5 rings (SSSR count). The maximum absolute atomic E-state index is 4.73. The van der Waals surface area contributed by atoms with Crippen LogP contribution >= 0.6 is 0 Å². The molecule has 4 aromatic rings. The Hall–Kier alpha value is -3.21. The molecule has 1 aromatic carbocycles. The van der Waals surface area contributed by atoms with Crippen LogP contribution in [-0.4, -0.2) is 32.6 Å². The van der Waals surface area contributed by atoms with Crippen molar-refractivity contribution in [1.82, 2.24) is 19.5 Å². The van der Waals surface area contributed by atoms with Crippen molar-refractivity contribution < 1.29 is 0 Å². The van der Waals surface area contributed by atoms with Crippen molar-refractivity contribution in [2.75, 3.05) is 18.0 Å². The first-order valence-electron chi connectivity index (χ1n) is 9.87. The van der Waals surface area contributed by atoms with E-state index in [-0.39, 0.29) is 0 Å². The van der Waals surface area contributed by atoms with E-state index in [1.54, 1.807) is 0 Å². The summed E-state index contributed by atoms with van der Waals surface area (Å²) in [4.78, 5) is 15.9. The quantitative estimate of drug-likeness (QED) is 0.539. The van der Waals surface area contributed by atoms with Gasteiger partial charge in [-0.25, -0.2) is 4.98 Å². The smallest absolute Gasteiger partial charge is 0.113 e. The standard InChI is InChI=1S/C23H23N5/c1-2-6-21-20(5-1)22(9-12-25-21)27-14-3-4-19(17-27)23-26-13-15-28(23)16-18-7-10-24-11-8-18/h1-2,5-13,15,19H,3-4,14,16-17H2/t19-/m1/s1. The highest BCUT2D eigenvalue weighted by molar-refractivity contribution is 5.91. The summed E-state index contributed by atoms with van der Waals surface area (Å²) in [7, 11) is 0. The van der Waals surface area contributed by atoms with Gasteiger partial charge in [0.2, 0.25) is 0 Å². The zero-order valence-electron chi connectivity index (χ0n) is 15.8. The number of benzene rings is 1. The second kappa shape index (κ2) is 7.43. The maximum Gasteiger partial charge on any atom is 0.113 e. The lowest BCUT2D eigenvalue weighted by atomic mass is 9.96. The average molecular weight is 369 g/mol. The number of pyridine rings is 2. The molecule has 0 N–H and O–H groups in total. The number of para-hydroxylation sites is 1. The predicted octanol–water partition coefficient (Wildman–Crippen LogP) is 4.26. The molecule has 0 unspecified atom stereocenters. The summed E-state index contributed by atoms with van der Waals surface area (Å²) < 4.78 is 2.29. The van der Waals surface area contributed by atoms with Crippen molar-refractivity contribution >= 4 is 16.6 Å². The summed E-state index contributed by atoms with van der Waals surface area (Å²) in [6, 6.07) is 14.7. The van der Waals surface area contributed by atoms with Gasteiger partial charge in [-0.3, -0.25) is 9.97 Å². The largest absolute Gasteiger partial charge is 0.370 e. The van der Waals surface area contributed by atoms with Gasteiger partial charge >= 0.3 is 0 Å². The minimum absolute atomic E-state index is 0.428. The van der Waals surface area contributed by atoms with Crippen molar-refractivity contribution in [3.05, 3.63) is 84.8 Å². The first-order chi connectivity index (χ1) is 13.9. The summed E-state index contributed by atoms with van der Waals surface area (Å²) >= 11 is 0. The maximum atomic E-state index is 4.73. The van der Waals surface area contributed by atoms with Gasteiger partial charge in [0, 0.05) is 67.6 Å². The zero-order chi connectivity index (χ0) is 18.8. The van der Waals surface area contributed by atoms with Gasteiger partial charge in [-0.05, 0) is 42.7 Å². The summed E-state index contributed by atoms with van der Waals surface area (Å²) in [6.07, 6.45) is 12.0. The van der Waals surface area contributed by atoms with Gasteiger partial charge in [0.05, 0.1) is 5.52 Å². The Morgan fingerprint density at radius 1 is 0.929 bits per heavy atom. The molecular formula is C23H23N5. The molecule has 0 bridgehead atoms. The Balaban J connectivity index is 1.42. The van der Waals surface area contributed by atoms with Gasteiger partial charge < -0.3 is 9.47 Å². The molecule has 0 spiro atoms. The molecule has 1 saturated heterocycles. The fourth-order valence-corrected chi connectivity index (χ4v) is 4.26. The fraction of sp³-hybridized carbons (Fsp3) is 0.261. The van der Waals surface area contributed by atoms with Crippen molar-refractivity contribution in [2.45, 2.75) is 25.3 Å². The van der Waals surface area contributed by atoms with Gasteiger partial charge in [0.1, 0.15) is 5.82 Å². The van der Waals surface area contributed by atoms with E-state index in [1.807, 2.05) is 30.9 Å². The molecule has 1 aliphatic heterocycles. The molecule has 5 nitrogen and oxygen atoms in total. The van der Waals surface area contributed by atoms with Gasteiger partial charge in [-0.2, -0.15) is 0 Å². The SMILES string of the molecule is c1ccc2c(N3CCC[C@@H](c4nccn4Cc4ccncc4)C3)ccnc2c1. The fourth-order valence-electron chi connectivity index (χ4n) is 4.26. The van der Waals surface area contributed by atoms with Crippen molar-refractivity contribution in [3.63, 3.8) is 0 Å². The number of hydrogen-bond donors (Lipinski definition) is 0. The molecule has 0 saturated carbocycles. The molecule has 1 fully saturated rings. The lowest BCUT2D eigenvalue weighted by Crippen LogP contribution is -2.35. The van der Waals surface area contributed by atoms with E-state index in [4.69, 9.17) is 4.98 Å². The van der Waals surface area contributed by atoms with Crippen LogP contribution in [0.15, 0.2) is 73.4 Å². The normalized spacial score (nSPS) is 17.1. The van der Waals surface area contributed by atoms with Crippen LogP contribution in [0.25, 0.3) is 10.9 Å². The topological polar surface area (TPSA) is 46.8 Å². The van der Waals surface area contributed by atoms with E-state index in [9.17, 15) is 0 Å². The Kier molecular flexibility index (Phi) is 4.49. The van der Waals surface area contributed by atoms with Crippen LogP contribution in [0.2, 0.25) is 0 Å². The molecule has 4 heterocycles. The molecule has 0 amide bonds. The van der Waals surface area contributed by atoms with Crippen molar-refractivity contribution in [1.29, 1.82) is 0 Å². The molecule has 5 heteroatoms. The number of nitrogens with zero attached hydrogens (tertiary/aromatic N) is 5. The molecule has 0 aliphatic carbocycles. The Labute approximate surface area is 164 Å². The third-order valence-corrected chi connectivity index (χ3v) is 5.60. The van der Waals surface area contributed by atoms with Crippen LogP contribution in [0.5, 0.6) is 0 Å². The van der Waals surface area contributed by atoms with E-state index in [0.29, 0.717) is 5.92 Å². The van der Waals surface area contributed by atoms with Crippen LogP contribution < -0.4 is 4.90 Å². The van der Waals surface area contributed by atoms with Crippen LogP contribution in [-0.2, 0) is 6.54 Å². The highest BCUT2D eigenvalue weighted by Crippen LogP contribution is 2.32. The van der Waals surface area contributed by atoms with Crippen LogP contribution in [0.4, 0.5) is 5.69 Å². The third kappa shape index (κ3) is 3.24. The Morgan fingerprint density at radius 3 is 2.75 bits per heavy atom. The number of piperidine rings is 1. The Morgan fingerprint density at radius 2 is 1.82 bits per heavy atom. The van der Waals surface area contributed by atoms with E-state index >= 15 is 0 Å². The van der Waals surface area contributed by atoms with Gasteiger partial charge in [0.15, 0.2) is 0 Å². The lowest BCUT2D eigenvalue weighted by Gasteiger charge is -2.35. The highest BCUT2D eigenvalue weighted by Gasteiger charge is 2.25. The highest BCUT2D eigenvalue weighted by atomic mass is 15.2. The second-order valence-electron chi connectivity index (χ2n) is 7.40. The summed E-state index contributed by atoms with van der Waals surface area (Å²) in [6.45, 7) is 2.91. The van der Waals surface area contributed by atoms with Gasteiger partial charge in [0.25, 0.3) is 0 Å². The number of fused-ring (bicyclic) bond motifs is 1. The van der Waals surface area contributed by atoms with Crippen LogP contribution in [0.1, 0.15) is 30.1 Å². The van der Waals surface area contributed by atoms with Crippen molar-refractivity contribution in [3.8, 4) is 0 Å². The number of rotatable bonds is 4. The van der Waals surface area contributed by atoms with E-state index in [2.05, 4.69) is 62.0 Å². The van der Waals surface area contributed by atoms with E-state index < -0.39 is 0 Å². The van der Waals surface area contributed by atoms with Crippen molar-refractivity contribution in [2.24, 2.45) is 0 Å². The van der Waals surface area contributed by atoms with Crippen LogP contribution in [0, 0.1) is 0 Å². The number of hydrogen-bond acceptors (Lipinski definition) is 4. The Bertz CT molecular complexity index is 1070. The van der Waals surface area contributed by atoms with Gasteiger partial charge in [-0.1, -0.05) is 18.2 Å². The minimum Gasteiger partial charge on any atom is -0.370 e. The first-order valence-corrected chi connectivity index (χ1v) is 9.87. The lowest BCUT2D eigenvalue weighted by molar-refractivity contribution is 0.477.